The zero-order chi connectivity index (χ0) is 15.6. The SMILES string of the molecule is C=C(/C=C\c1ccccc1C)P(C(C)(C)C)C(C)(C)C. The molecule has 0 fully saturated rings. The van der Waals surface area contributed by atoms with Gasteiger partial charge >= 0.3 is 0 Å². The van der Waals surface area contributed by atoms with Crippen molar-refractivity contribution in [2.75, 3.05) is 0 Å². The van der Waals surface area contributed by atoms with Gasteiger partial charge in [-0.05, 0) is 33.7 Å². The summed E-state index contributed by atoms with van der Waals surface area (Å²) in [5, 5.41) is 1.84. The predicted molar refractivity (Wildman–Crippen MR) is 95.8 cm³/mol. The maximum Gasteiger partial charge on any atom is -0.0135 e. The van der Waals surface area contributed by atoms with Crippen molar-refractivity contribution in [2.45, 2.75) is 58.8 Å². The lowest BCUT2D eigenvalue weighted by Crippen LogP contribution is -2.25. The zero-order valence-electron chi connectivity index (χ0n) is 14.1. The summed E-state index contributed by atoms with van der Waals surface area (Å²) in [5.74, 6) is 0. The molecule has 0 nitrogen and oxygen atoms in total. The van der Waals surface area contributed by atoms with Crippen LogP contribution in [0.3, 0.4) is 0 Å². The van der Waals surface area contributed by atoms with Gasteiger partial charge in [-0.25, -0.2) is 0 Å². The molecule has 0 saturated heterocycles. The first-order chi connectivity index (χ1) is 9.03. The molecule has 1 aromatic rings. The van der Waals surface area contributed by atoms with Crippen molar-refractivity contribution in [3.05, 3.63) is 53.4 Å². The average molecular weight is 288 g/mol. The average Bonchev–Trinajstić information content (AvgIpc) is 2.23. The van der Waals surface area contributed by atoms with Crippen LogP contribution in [-0.4, -0.2) is 10.3 Å². The summed E-state index contributed by atoms with van der Waals surface area (Å²) in [6.07, 6.45) is 4.44. The van der Waals surface area contributed by atoms with Crippen LogP contribution < -0.4 is 0 Å². The summed E-state index contributed by atoms with van der Waals surface area (Å²) < 4.78 is 0. The van der Waals surface area contributed by atoms with E-state index >= 15 is 0 Å². The fourth-order valence-electron chi connectivity index (χ4n) is 2.90. The molecule has 1 rings (SSSR count). The molecule has 0 amide bonds. The molecule has 0 aromatic heterocycles. The van der Waals surface area contributed by atoms with Crippen molar-refractivity contribution in [3.63, 3.8) is 0 Å². The highest BCUT2D eigenvalue weighted by Crippen LogP contribution is 2.64. The molecular weight excluding hydrogens is 259 g/mol. The van der Waals surface area contributed by atoms with Gasteiger partial charge in [0.2, 0.25) is 0 Å². The molecule has 1 heteroatoms. The summed E-state index contributed by atoms with van der Waals surface area (Å²) in [4.78, 5) is 0. The van der Waals surface area contributed by atoms with Gasteiger partial charge in [0.25, 0.3) is 0 Å². The molecule has 0 radical (unpaired) electrons. The van der Waals surface area contributed by atoms with E-state index in [1.54, 1.807) is 0 Å². The van der Waals surface area contributed by atoms with Crippen molar-refractivity contribution in [3.8, 4) is 0 Å². The highest BCUT2D eigenvalue weighted by Gasteiger charge is 2.35. The third-order valence-electron chi connectivity index (χ3n) is 3.27. The van der Waals surface area contributed by atoms with Crippen LogP contribution in [0.2, 0.25) is 0 Å². The Morgan fingerprint density at radius 3 is 1.95 bits per heavy atom. The lowest BCUT2D eigenvalue weighted by atomic mass is 10.1. The van der Waals surface area contributed by atoms with E-state index in [9.17, 15) is 0 Å². The highest BCUT2D eigenvalue weighted by atomic mass is 31.1. The molecule has 0 aliphatic heterocycles. The summed E-state index contributed by atoms with van der Waals surface area (Å²) in [7, 11) is -0.291. The summed E-state index contributed by atoms with van der Waals surface area (Å²) >= 11 is 0. The monoisotopic (exact) mass is 288 g/mol. The molecule has 0 N–H and O–H groups in total. The first-order valence-electron chi connectivity index (χ1n) is 7.26. The van der Waals surface area contributed by atoms with Gasteiger partial charge < -0.3 is 0 Å². The van der Waals surface area contributed by atoms with Crippen molar-refractivity contribution in [1.82, 2.24) is 0 Å². The third-order valence-corrected chi connectivity index (χ3v) is 6.68. The largest absolute Gasteiger partial charge is 0.0913 e. The van der Waals surface area contributed by atoms with Gasteiger partial charge in [0.15, 0.2) is 0 Å². The van der Waals surface area contributed by atoms with Crippen molar-refractivity contribution >= 4 is 14.0 Å². The normalized spacial score (nSPS) is 13.2. The van der Waals surface area contributed by atoms with Crippen LogP contribution in [0.1, 0.15) is 52.7 Å². The van der Waals surface area contributed by atoms with Crippen molar-refractivity contribution < 1.29 is 0 Å². The van der Waals surface area contributed by atoms with Crippen LogP contribution in [0.4, 0.5) is 0 Å². The van der Waals surface area contributed by atoms with Gasteiger partial charge in [-0.2, -0.15) is 0 Å². The van der Waals surface area contributed by atoms with Crippen LogP contribution in [0.15, 0.2) is 42.2 Å². The second-order valence-electron chi connectivity index (χ2n) is 7.36. The Labute approximate surface area is 126 Å². The number of hydrogen-bond acceptors (Lipinski definition) is 0. The van der Waals surface area contributed by atoms with Gasteiger partial charge in [-0.15, -0.1) is 0 Å². The van der Waals surface area contributed by atoms with Gasteiger partial charge in [0, 0.05) is 0 Å². The van der Waals surface area contributed by atoms with Crippen LogP contribution in [0.5, 0.6) is 0 Å². The molecule has 0 atom stereocenters. The third kappa shape index (κ3) is 4.60. The first-order valence-corrected chi connectivity index (χ1v) is 8.60. The molecule has 110 valence electrons. The summed E-state index contributed by atoms with van der Waals surface area (Å²) in [6, 6.07) is 8.48. The van der Waals surface area contributed by atoms with E-state index in [0.717, 1.165) is 0 Å². The van der Waals surface area contributed by atoms with E-state index in [-0.39, 0.29) is 18.2 Å². The zero-order valence-corrected chi connectivity index (χ0v) is 15.0. The lowest BCUT2D eigenvalue weighted by Gasteiger charge is -2.42. The van der Waals surface area contributed by atoms with Crippen molar-refractivity contribution in [1.29, 1.82) is 0 Å². The Morgan fingerprint density at radius 2 is 1.50 bits per heavy atom. The number of allylic oxidation sites excluding steroid dienone is 2. The Morgan fingerprint density at radius 1 is 1.00 bits per heavy atom. The molecule has 0 spiro atoms. The quantitative estimate of drug-likeness (QED) is 0.434. The molecular formula is C19H29P. The molecule has 0 aliphatic rings. The number of benzene rings is 1. The van der Waals surface area contributed by atoms with Crippen LogP contribution in [0.25, 0.3) is 6.08 Å². The minimum Gasteiger partial charge on any atom is -0.0913 e. The summed E-state index contributed by atoms with van der Waals surface area (Å²) in [6.45, 7) is 20.5. The molecule has 0 heterocycles. The van der Waals surface area contributed by atoms with E-state index in [1.807, 2.05) is 0 Å². The van der Waals surface area contributed by atoms with Crippen LogP contribution in [-0.2, 0) is 0 Å². The minimum atomic E-state index is -0.291. The summed E-state index contributed by atoms with van der Waals surface area (Å²) in [5.41, 5.74) is 2.60. The highest BCUT2D eigenvalue weighted by molar-refractivity contribution is 7.65. The minimum absolute atomic E-state index is 0.279. The van der Waals surface area contributed by atoms with Gasteiger partial charge in [-0.1, -0.05) is 92.5 Å². The number of aryl methyl sites for hydroxylation is 1. The lowest BCUT2D eigenvalue weighted by molar-refractivity contribution is 0.712. The van der Waals surface area contributed by atoms with Crippen LogP contribution in [0, 0.1) is 6.92 Å². The predicted octanol–water partition coefficient (Wildman–Crippen LogP) is 6.60. The molecule has 0 unspecified atom stereocenters. The molecule has 0 saturated carbocycles. The Hall–Kier alpha value is -0.870. The Balaban J connectivity index is 3.02. The Bertz CT molecular complexity index is 481. The van der Waals surface area contributed by atoms with Gasteiger partial charge in [0.1, 0.15) is 0 Å². The Kier molecular flexibility index (Phi) is 5.39. The smallest absolute Gasteiger partial charge is 0.0135 e. The fourth-order valence-corrected chi connectivity index (χ4v) is 6.86. The standard InChI is InChI=1S/C19H29P/c1-15-11-9-10-12-17(15)14-13-16(2)20(18(3,4)5)19(6,7)8/h9-14H,2H2,1,3-8H3/b14-13-. The number of rotatable bonds is 3. The van der Waals surface area contributed by atoms with Gasteiger partial charge in [0.05, 0.1) is 0 Å². The maximum absolute atomic E-state index is 4.37. The fraction of sp³-hybridized carbons (Fsp3) is 0.474. The second-order valence-corrected chi connectivity index (χ2v) is 11.3. The first kappa shape index (κ1) is 17.2. The number of hydrogen-bond donors (Lipinski definition) is 0. The van der Waals surface area contributed by atoms with E-state index in [4.69, 9.17) is 0 Å². The maximum atomic E-state index is 4.37. The van der Waals surface area contributed by atoms with E-state index in [1.165, 1.54) is 16.4 Å². The van der Waals surface area contributed by atoms with E-state index in [2.05, 4.69) is 91.5 Å². The van der Waals surface area contributed by atoms with E-state index < -0.39 is 0 Å². The topological polar surface area (TPSA) is 0 Å². The van der Waals surface area contributed by atoms with Crippen LogP contribution >= 0.6 is 7.92 Å². The molecule has 0 aliphatic carbocycles. The molecule has 0 bridgehead atoms. The molecule has 20 heavy (non-hydrogen) atoms. The molecule has 1 aromatic carbocycles. The van der Waals surface area contributed by atoms with Gasteiger partial charge in [-0.3, -0.25) is 0 Å². The van der Waals surface area contributed by atoms with Crippen molar-refractivity contribution in [2.24, 2.45) is 0 Å². The second kappa shape index (κ2) is 6.27. The van der Waals surface area contributed by atoms with E-state index in [0.29, 0.717) is 0 Å².